The maximum absolute atomic E-state index is 5.36. The molecule has 2 rings (SSSR count). The van der Waals surface area contributed by atoms with Gasteiger partial charge in [-0.25, -0.2) is 0 Å². The number of nitrogens with zero attached hydrogens (tertiary/aromatic N) is 2. The third kappa shape index (κ3) is 4.13. The smallest absolute Gasteiger partial charge is 0.226 e. The fourth-order valence-electron chi connectivity index (χ4n) is 1.90. The van der Waals surface area contributed by atoms with Crippen molar-refractivity contribution >= 4 is 23.5 Å². The van der Waals surface area contributed by atoms with Crippen LogP contribution in [-0.4, -0.2) is 39.5 Å². The number of aryl methyl sites for hydroxylation is 1. The van der Waals surface area contributed by atoms with Gasteiger partial charge in [0, 0.05) is 28.7 Å². The first-order valence-electron chi connectivity index (χ1n) is 6.87. The second kappa shape index (κ2) is 6.99. The normalized spacial score (nSPS) is 29.4. The highest BCUT2D eigenvalue weighted by Crippen LogP contribution is 2.43. The Kier molecular flexibility index (Phi) is 5.59. The molecular weight excluding hydrogens is 278 g/mol. The summed E-state index contributed by atoms with van der Waals surface area (Å²) in [6.45, 7) is 6.73. The van der Waals surface area contributed by atoms with Crippen molar-refractivity contribution in [1.82, 2.24) is 15.5 Å². The molecule has 1 saturated heterocycles. The Hall–Kier alpha value is -0.200. The summed E-state index contributed by atoms with van der Waals surface area (Å²) in [6, 6.07) is 0.482. The molecule has 0 bridgehead atoms. The van der Waals surface area contributed by atoms with Gasteiger partial charge in [-0.05, 0) is 20.4 Å². The molecule has 108 valence electrons. The molecule has 1 fully saturated rings. The van der Waals surface area contributed by atoms with Crippen molar-refractivity contribution in [1.29, 1.82) is 0 Å². The molecule has 1 aromatic heterocycles. The standard InChI is InChI=1S/C13H23N3OS2/c1-8(14-4)5-6-12-15-13(16-17-12)11-7-18-9(2)10(3)19-11/h8-11,14H,5-7H2,1-4H3. The molecule has 0 aliphatic carbocycles. The van der Waals surface area contributed by atoms with E-state index in [0.717, 1.165) is 30.3 Å². The predicted molar refractivity (Wildman–Crippen MR) is 82.9 cm³/mol. The van der Waals surface area contributed by atoms with Crippen LogP contribution >= 0.6 is 23.5 Å². The average Bonchev–Trinajstić information content (AvgIpc) is 2.88. The highest BCUT2D eigenvalue weighted by atomic mass is 32.2. The lowest BCUT2D eigenvalue weighted by Gasteiger charge is -2.29. The van der Waals surface area contributed by atoms with Crippen LogP contribution in [0.1, 0.15) is 44.2 Å². The van der Waals surface area contributed by atoms with Crippen molar-refractivity contribution in [3.63, 3.8) is 0 Å². The number of thioether (sulfide) groups is 2. The summed E-state index contributed by atoms with van der Waals surface area (Å²) in [5.74, 6) is 2.74. The zero-order valence-electron chi connectivity index (χ0n) is 12.0. The molecule has 4 atom stereocenters. The lowest BCUT2D eigenvalue weighted by molar-refractivity contribution is 0.364. The SMILES string of the molecule is CNC(C)CCc1nc(C2CSC(C)C(C)S2)no1. The summed E-state index contributed by atoms with van der Waals surface area (Å²) in [5.41, 5.74) is 0. The number of rotatable bonds is 5. The van der Waals surface area contributed by atoms with Gasteiger partial charge in [0.2, 0.25) is 5.89 Å². The van der Waals surface area contributed by atoms with Gasteiger partial charge in [0.05, 0.1) is 5.25 Å². The van der Waals surface area contributed by atoms with Crippen LogP contribution in [0.5, 0.6) is 0 Å². The van der Waals surface area contributed by atoms with E-state index in [2.05, 4.69) is 36.2 Å². The van der Waals surface area contributed by atoms with E-state index < -0.39 is 0 Å². The molecule has 2 heterocycles. The van der Waals surface area contributed by atoms with Crippen molar-refractivity contribution in [3.8, 4) is 0 Å². The van der Waals surface area contributed by atoms with E-state index in [1.165, 1.54) is 0 Å². The molecule has 0 spiro atoms. The van der Waals surface area contributed by atoms with Crippen molar-refractivity contribution in [2.45, 2.75) is 55.4 Å². The highest BCUT2D eigenvalue weighted by Gasteiger charge is 2.29. The summed E-state index contributed by atoms with van der Waals surface area (Å²) in [6.07, 6.45) is 1.88. The van der Waals surface area contributed by atoms with Gasteiger partial charge in [0.15, 0.2) is 5.82 Å². The Balaban J connectivity index is 1.90. The minimum atomic E-state index is 0.385. The van der Waals surface area contributed by atoms with Crippen LogP contribution in [0.25, 0.3) is 0 Å². The molecule has 1 aromatic rings. The summed E-state index contributed by atoms with van der Waals surface area (Å²) in [5, 5.41) is 9.13. The number of hydrogen-bond donors (Lipinski definition) is 1. The van der Waals surface area contributed by atoms with Crippen LogP contribution in [0.2, 0.25) is 0 Å². The molecule has 0 aromatic carbocycles. The fraction of sp³-hybridized carbons (Fsp3) is 0.846. The van der Waals surface area contributed by atoms with E-state index in [4.69, 9.17) is 4.52 Å². The quantitative estimate of drug-likeness (QED) is 0.902. The van der Waals surface area contributed by atoms with Crippen molar-refractivity contribution in [2.24, 2.45) is 0 Å². The van der Waals surface area contributed by atoms with E-state index in [9.17, 15) is 0 Å². The largest absolute Gasteiger partial charge is 0.339 e. The van der Waals surface area contributed by atoms with Gasteiger partial charge in [-0.3, -0.25) is 0 Å². The maximum Gasteiger partial charge on any atom is 0.226 e. The molecule has 1 aliphatic rings. The number of aromatic nitrogens is 2. The van der Waals surface area contributed by atoms with E-state index in [-0.39, 0.29) is 0 Å². The molecule has 4 nitrogen and oxygen atoms in total. The first-order chi connectivity index (χ1) is 9.10. The van der Waals surface area contributed by atoms with Gasteiger partial charge in [0.25, 0.3) is 0 Å². The van der Waals surface area contributed by atoms with Crippen LogP contribution in [-0.2, 0) is 6.42 Å². The van der Waals surface area contributed by atoms with Crippen molar-refractivity contribution < 1.29 is 4.52 Å². The van der Waals surface area contributed by atoms with Gasteiger partial charge < -0.3 is 9.84 Å². The van der Waals surface area contributed by atoms with Gasteiger partial charge in [-0.1, -0.05) is 19.0 Å². The first-order valence-corrected chi connectivity index (χ1v) is 8.86. The minimum Gasteiger partial charge on any atom is -0.339 e. The summed E-state index contributed by atoms with van der Waals surface area (Å²) < 4.78 is 5.36. The number of hydrogen-bond acceptors (Lipinski definition) is 6. The minimum absolute atomic E-state index is 0.385. The Morgan fingerprint density at radius 2 is 2.21 bits per heavy atom. The van der Waals surface area contributed by atoms with Crippen LogP contribution in [0.4, 0.5) is 0 Å². The fourth-order valence-corrected chi connectivity index (χ4v) is 4.74. The number of nitrogens with one attached hydrogen (secondary N) is 1. The monoisotopic (exact) mass is 301 g/mol. The second-order valence-corrected chi connectivity index (χ2v) is 8.14. The van der Waals surface area contributed by atoms with Crippen LogP contribution < -0.4 is 5.32 Å². The van der Waals surface area contributed by atoms with Crippen molar-refractivity contribution in [2.75, 3.05) is 12.8 Å². The molecule has 19 heavy (non-hydrogen) atoms. The zero-order valence-corrected chi connectivity index (χ0v) is 13.7. The molecule has 0 saturated carbocycles. The summed E-state index contributed by atoms with van der Waals surface area (Å²) >= 11 is 3.98. The predicted octanol–water partition coefficient (Wildman–Crippen LogP) is 2.91. The molecule has 6 heteroatoms. The van der Waals surface area contributed by atoms with E-state index in [0.29, 0.717) is 21.8 Å². The lowest BCUT2D eigenvalue weighted by Crippen LogP contribution is -2.22. The lowest BCUT2D eigenvalue weighted by atomic mass is 10.2. The highest BCUT2D eigenvalue weighted by molar-refractivity contribution is 8.07. The molecule has 0 radical (unpaired) electrons. The summed E-state index contributed by atoms with van der Waals surface area (Å²) in [7, 11) is 1.97. The Labute approximate surface area is 123 Å². The molecule has 1 aliphatic heterocycles. The first kappa shape index (κ1) is 15.2. The molecule has 4 unspecified atom stereocenters. The Morgan fingerprint density at radius 1 is 1.42 bits per heavy atom. The van der Waals surface area contributed by atoms with E-state index in [1.54, 1.807) is 0 Å². The van der Waals surface area contributed by atoms with Crippen molar-refractivity contribution in [3.05, 3.63) is 11.7 Å². The Morgan fingerprint density at radius 3 is 2.89 bits per heavy atom. The average molecular weight is 301 g/mol. The molecule has 0 amide bonds. The van der Waals surface area contributed by atoms with Crippen LogP contribution in [0, 0.1) is 0 Å². The summed E-state index contributed by atoms with van der Waals surface area (Å²) in [4.78, 5) is 4.56. The van der Waals surface area contributed by atoms with Gasteiger partial charge in [-0.15, -0.1) is 11.8 Å². The van der Waals surface area contributed by atoms with Gasteiger partial charge in [0.1, 0.15) is 0 Å². The Bertz CT molecular complexity index is 399. The van der Waals surface area contributed by atoms with Crippen LogP contribution in [0.3, 0.4) is 0 Å². The second-order valence-electron chi connectivity index (χ2n) is 5.14. The molecular formula is C13H23N3OS2. The third-order valence-electron chi connectivity index (χ3n) is 3.61. The zero-order chi connectivity index (χ0) is 13.8. The van der Waals surface area contributed by atoms with E-state index in [1.807, 2.05) is 30.6 Å². The molecule has 1 N–H and O–H groups in total. The maximum atomic E-state index is 5.36. The van der Waals surface area contributed by atoms with Gasteiger partial charge >= 0.3 is 0 Å². The third-order valence-corrected chi connectivity index (χ3v) is 6.99. The van der Waals surface area contributed by atoms with Gasteiger partial charge in [-0.2, -0.15) is 16.7 Å². The topological polar surface area (TPSA) is 51.0 Å². The van der Waals surface area contributed by atoms with Crippen LogP contribution in [0.15, 0.2) is 4.52 Å². The van der Waals surface area contributed by atoms with E-state index >= 15 is 0 Å².